The quantitative estimate of drug-likeness (QED) is 0.845. The number of rotatable bonds is 6. The summed E-state index contributed by atoms with van der Waals surface area (Å²) in [6.07, 6.45) is 4.82. The molecule has 0 radical (unpaired) electrons. The van der Waals surface area contributed by atoms with Crippen LogP contribution in [0.15, 0.2) is 18.2 Å². The summed E-state index contributed by atoms with van der Waals surface area (Å²) in [7, 11) is 1.78. The molecule has 5 heteroatoms. The molecule has 1 fully saturated rings. The van der Waals surface area contributed by atoms with Crippen LogP contribution in [0.25, 0.3) is 0 Å². The van der Waals surface area contributed by atoms with Crippen LogP contribution in [0.5, 0.6) is 0 Å². The van der Waals surface area contributed by atoms with E-state index in [1.165, 1.54) is 12.8 Å². The van der Waals surface area contributed by atoms with Crippen molar-refractivity contribution in [3.8, 4) is 6.07 Å². The summed E-state index contributed by atoms with van der Waals surface area (Å²) in [6.45, 7) is 1.95. The number of nitrogens with one attached hydrogen (secondary N) is 2. The predicted molar refractivity (Wildman–Crippen MR) is 86.8 cm³/mol. The molecule has 0 bridgehead atoms. The Morgan fingerprint density at radius 1 is 1.41 bits per heavy atom. The van der Waals surface area contributed by atoms with Crippen LogP contribution in [0.1, 0.15) is 44.6 Å². The maximum Gasteiger partial charge on any atom is 0.253 e. The van der Waals surface area contributed by atoms with Crippen LogP contribution >= 0.6 is 0 Å². The standard InChI is InChI=1S/C17H23N3O2/c1-3-16(22-13-6-4-5-7-13)17(21)20-15-10-12(11-18)8-9-14(15)19-2/h8-10,13,16,19H,3-7H2,1-2H3,(H,20,21). The predicted octanol–water partition coefficient (Wildman–Crippen LogP) is 3.28. The Bertz CT molecular complexity index is 560. The molecule has 1 unspecified atom stereocenters. The van der Waals surface area contributed by atoms with Gasteiger partial charge in [0.25, 0.3) is 5.91 Å². The minimum Gasteiger partial charge on any atom is -0.386 e. The van der Waals surface area contributed by atoms with Gasteiger partial charge in [-0.3, -0.25) is 4.79 Å². The molecule has 5 nitrogen and oxygen atoms in total. The molecule has 0 saturated heterocycles. The average molecular weight is 301 g/mol. The van der Waals surface area contributed by atoms with E-state index in [-0.39, 0.29) is 12.0 Å². The Morgan fingerprint density at radius 2 is 2.14 bits per heavy atom. The first kappa shape index (κ1) is 16.3. The van der Waals surface area contributed by atoms with Crippen molar-refractivity contribution in [3.63, 3.8) is 0 Å². The van der Waals surface area contributed by atoms with Crippen LogP contribution in [0, 0.1) is 11.3 Å². The number of nitrogens with zero attached hydrogens (tertiary/aromatic N) is 1. The second-order valence-electron chi connectivity index (χ2n) is 5.55. The first-order valence-electron chi connectivity index (χ1n) is 7.86. The average Bonchev–Trinajstić information content (AvgIpc) is 3.05. The molecule has 1 saturated carbocycles. The van der Waals surface area contributed by atoms with Crippen LogP contribution in [0.4, 0.5) is 11.4 Å². The molecular weight excluding hydrogens is 278 g/mol. The topological polar surface area (TPSA) is 74.1 Å². The molecule has 1 aromatic rings. The normalized spacial score (nSPS) is 16.0. The number of hydrogen-bond donors (Lipinski definition) is 2. The van der Waals surface area contributed by atoms with Crippen molar-refractivity contribution in [3.05, 3.63) is 23.8 Å². The van der Waals surface area contributed by atoms with Gasteiger partial charge in [0.1, 0.15) is 6.10 Å². The van der Waals surface area contributed by atoms with Crippen LogP contribution < -0.4 is 10.6 Å². The third-order valence-corrected chi connectivity index (χ3v) is 4.00. The number of carbonyl (C=O) groups is 1. The van der Waals surface area contributed by atoms with E-state index in [0.717, 1.165) is 18.5 Å². The molecule has 22 heavy (non-hydrogen) atoms. The number of nitriles is 1. The highest BCUT2D eigenvalue weighted by molar-refractivity contribution is 5.97. The van der Waals surface area contributed by atoms with Crippen LogP contribution in [-0.2, 0) is 9.53 Å². The van der Waals surface area contributed by atoms with Gasteiger partial charge in [-0.15, -0.1) is 0 Å². The molecule has 118 valence electrons. The first-order valence-corrected chi connectivity index (χ1v) is 7.86. The Kier molecular flexibility index (Phi) is 5.79. The molecule has 1 amide bonds. The van der Waals surface area contributed by atoms with E-state index in [9.17, 15) is 4.79 Å². The number of benzene rings is 1. The van der Waals surface area contributed by atoms with Gasteiger partial charge in [0, 0.05) is 7.05 Å². The molecule has 2 rings (SSSR count). The van der Waals surface area contributed by atoms with Crippen molar-refractivity contribution in [2.75, 3.05) is 17.7 Å². The van der Waals surface area contributed by atoms with Crippen LogP contribution in [0.2, 0.25) is 0 Å². The summed E-state index contributed by atoms with van der Waals surface area (Å²) in [5.74, 6) is -0.152. The van der Waals surface area contributed by atoms with Crippen molar-refractivity contribution < 1.29 is 9.53 Å². The van der Waals surface area contributed by atoms with Gasteiger partial charge < -0.3 is 15.4 Å². The van der Waals surface area contributed by atoms with Gasteiger partial charge in [0.2, 0.25) is 0 Å². The molecule has 0 spiro atoms. The highest BCUT2D eigenvalue weighted by Crippen LogP contribution is 2.25. The minimum atomic E-state index is -0.446. The summed E-state index contributed by atoms with van der Waals surface area (Å²) in [5.41, 5.74) is 1.90. The second-order valence-corrected chi connectivity index (χ2v) is 5.55. The SMILES string of the molecule is CCC(OC1CCCC1)C(=O)Nc1cc(C#N)ccc1NC. The van der Waals surface area contributed by atoms with Gasteiger partial charge in [-0.1, -0.05) is 19.8 Å². The van der Waals surface area contributed by atoms with Gasteiger partial charge in [-0.2, -0.15) is 5.26 Å². The lowest BCUT2D eigenvalue weighted by Crippen LogP contribution is -2.33. The van der Waals surface area contributed by atoms with Gasteiger partial charge >= 0.3 is 0 Å². The van der Waals surface area contributed by atoms with Crippen molar-refractivity contribution in [2.24, 2.45) is 0 Å². The van der Waals surface area contributed by atoms with E-state index >= 15 is 0 Å². The maximum atomic E-state index is 12.5. The van der Waals surface area contributed by atoms with Gasteiger partial charge in [0.05, 0.1) is 29.1 Å². The lowest BCUT2D eigenvalue weighted by atomic mass is 10.1. The number of carbonyl (C=O) groups excluding carboxylic acids is 1. The smallest absolute Gasteiger partial charge is 0.253 e. The second kappa shape index (κ2) is 7.81. The summed E-state index contributed by atoms with van der Waals surface area (Å²) in [4.78, 5) is 12.5. The van der Waals surface area contributed by atoms with Crippen molar-refractivity contribution in [1.82, 2.24) is 0 Å². The molecular formula is C17H23N3O2. The van der Waals surface area contributed by atoms with Crippen molar-refractivity contribution >= 4 is 17.3 Å². The third kappa shape index (κ3) is 3.99. The van der Waals surface area contributed by atoms with E-state index in [4.69, 9.17) is 10.00 Å². The number of anilines is 2. The first-order chi connectivity index (χ1) is 10.7. The molecule has 1 atom stereocenters. The van der Waals surface area contributed by atoms with E-state index < -0.39 is 6.10 Å². The Hall–Kier alpha value is -2.06. The highest BCUT2D eigenvalue weighted by Gasteiger charge is 2.24. The Morgan fingerprint density at radius 3 is 2.73 bits per heavy atom. The van der Waals surface area contributed by atoms with Crippen LogP contribution in [0.3, 0.4) is 0 Å². The number of ether oxygens (including phenoxy) is 1. The van der Waals surface area contributed by atoms with Gasteiger partial charge in [0.15, 0.2) is 0 Å². The molecule has 0 aliphatic heterocycles. The lowest BCUT2D eigenvalue weighted by Gasteiger charge is -2.21. The molecule has 0 heterocycles. The van der Waals surface area contributed by atoms with E-state index in [2.05, 4.69) is 16.7 Å². The largest absolute Gasteiger partial charge is 0.386 e. The zero-order chi connectivity index (χ0) is 15.9. The van der Waals surface area contributed by atoms with Gasteiger partial charge in [-0.25, -0.2) is 0 Å². The molecule has 1 aliphatic carbocycles. The monoisotopic (exact) mass is 301 g/mol. The zero-order valence-corrected chi connectivity index (χ0v) is 13.2. The lowest BCUT2D eigenvalue weighted by molar-refractivity contribution is -0.131. The molecule has 0 aromatic heterocycles. The fourth-order valence-electron chi connectivity index (χ4n) is 2.75. The summed E-state index contributed by atoms with van der Waals surface area (Å²) in [6, 6.07) is 7.26. The number of hydrogen-bond acceptors (Lipinski definition) is 4. The molecule has 2 N–H and O–H groups in total. The molecule has 1 aliphatic rings. The summed E-state index contributed by atoms with van der Waals surface area (Å²) < 4.78 is 5.93. The van der Waals surface area contributed by atoms with Gasteiger partial charge in [-0.05, 0) is 37.5 Å². The van der Waals surface area contributed by atoms with Crippen LogP contribution in [-0.4, -0.2) is 25.2 Å². The molecule has 1 aromatic carbocycles. The van der Waals surface area contributed by atoms with Crippen molar-refractivity contribution in [1.29, 1.82) is 5.26 Å². The number of amides is 1. The fraction of sp³-hybridized carbons (Fsp3) is 0.529. The highest BCUT2D eigenvalue weighted by atomic mass is 16.5. The maximum absolute atomic E-state index is 12.5. The van der Waals surface area contributed by atoms with Crippen molar-refractivity contribution in [2.45, 2.75) is 51.2 Å². The van der Waals surface area contributed by atoms with E-state index in [1.54, 1.807) is 25.2 Å². The fourth-order valence-corrected chi connectivity index (χ4v) is 2.75. The Labute approximate surface area is 131 Å². The minimum absolute atomic E-state index is 0.152. The zero-order valence-electron chi connectivity index (χ0n) is 13.2. The summed E-state index contributed by atoms with van der Waals surface area (Å²) >= 11 is 0. The Balaban J connectivity index is 2.07. The third-order valence-electron chi connectivity index (χ3n) is 4.00. The van der Waals surface area contributed by atoms with E-state index in [0.29, 0.717) is 17.7 Å². The van der Waals surface area contributed by atoms with E-state index in [1.807, 2.05) is 6.92 Å². The summed E-state index contributed by atoms with van der Waals surface area (Å²) in [5, 5.41) is 14.9.